The van der Waals surface area contributed by atoms with E-state index in [1.165, 1.54) is 10.4 Å². The van der Waals surface area contributed by atoms with Crippen molar-refractivity contribution < 1.29 is 26.0 Å². The third-order valence-electron chi connectivity index (χ3n) is 5.10. The summed E-state index contributed by atoms with van der Waals surface area (Å²) in [6, 6.07) is 13.4. The Morgan fingerprint density at radius 1 is 0.968 bits per heavy atom. The number of oxazole rings is 1. The van der Waals surface area contributed by atoms with Crippen LogP contribution in [0, 0.1) is 0 Å². The third kappa shape index (κ3) is 4.81. The first-order valence-electron chi connectivity index (χ1n) is 9.63. The quantitative estimate of drug-likeness (QED) is 0.589. The van der Waals surface area contributed by atoms with Gasteiger partial charge in [0.1, 0.15) is 0 Å². The lowest BCUT2D eigenvalue weighted by atomic mass is 10.2. The molecule has 0 radical (unpaired) electrons. The molecule has 1 aliphatic rings. The van der Waals surface area contributed by atoms with Crippen molar-refractivity contribution in [1.29, 1.82) is 0 Å². The van der Waals surface area contributed by atoms with Crippen LogP contribution in [-0.2, 0) is 22.7 Å². The average molecular weight is 451 g/mol. The number of nitrogens with zero attached hydrogens (tertiary/aromatic N) is 3. The summed E-state index contributed by atoms with van der Waals surface area (Å²) in [4.78, 5) is 5.94. The smallest absolute Gasteiger partial charge is 0.416 e. The highest BCUT2D eigenvalue weighted by Gasteiger charge is 2.34. The van der Waals surface area contributed by atoms with Crippen molar-refractivity contribution in [1.82, 2.24) is 14.2 Å². The minimum absolute atomic E-state index is 0.171. The van der Waals surface area contributed by atoms with Gasteiger partial charge in [-0.3, -0.25) is 4.90 Å². The monoisotopic (exact) mass is 451 g/mol. The first-order valence-corrected chi connectivity index (χ1v) is 11.1. The number of sulfonamides is 1. The van der Waals surface area contributed by atoms with Gasteiger partial charge in [-0.1, -0.05) is 36.4 Å². The molecule has 0 bridgehead atoms. The fourth-order valence-corrected chi connectivity index (χ4v) is 4.89. The van der Waals surface area contributed by atoms with Crippen molar-refractivity contribution in [2.45, 2.75) is 17.6 Å². The Labute approximate surface area is 178 Å². The second kappa shape index (κ2) is 8.45. The van der Waals surface area contributed by atoms with Crippen LogP contribution in [0.2, 0.25) is 0 Å². The van der Waals surface area contributed by atoms with Gasteiger partial charge in [-0.25, -0.2) is 13.4 Å². The van der Waals surface area contributed by atoms with Gasteiger partial charge in [-0.15, -0.1) is 0 Å². The Morgan fingerprint density at radius 2 is 1.68 bits per heavy atom. The lowest BCUT2D eigenvalue weighted by Crippen LogP contribution is -2.48. The summed E-state index contributed by atoms with van der Waals surface area (Å²) in [6.07, 6.45) is -2.95. The van der Waals surface area contributed by atoms with E-state index >= 15 is 0 Å². The van der Waals surface area contributed by atoms with Crippen LogP contribution in [0.15, 0.2) is 70.1 Å². The minimum Gasteiger partial charge on any atom is -0.439 e. The summed E-state index contributed by atoms with van der Waals surface area (Å²) in [7, 11) is -4.01. The van der Waals surface area contributed by atoms with E-state index in [-0.39, 0.29) is 18.0 Å². The molecule has 1 saturated heterocycles. The molecule has 0 aliphatic carbocycles. The van der Waals surface area contributed by atoms with Gasteiger partial charge in [0.2, 0.25) is 15.9 Å². The summed E-state index contributed by atoms with van der Waals surface area (Å²) in [5.41, 5.74) is -0.0661. The predicted molar refractivity (Wildman–Crippen MR) is 107 cm³/mol. The van der Waals surface area contributed by atoms with E-state index in [2.05, 4.69) is 4.98 Å². The molecule has 2 aromatic carbocycles. The Hall–Kier alpha value is -2.69. The van der Waals surface area contributed by atoms with Gasteiger partial charge in [0.05, 0.1) is 23.2 Å². The molecule has 1 aliphatic heterocycles. The van der Waals surface area contributed by atoms with E-state index in [1.807, 2.05) is 35.2 Å². The van der Waals surface area contributed by atoms with Crippen molar-refractivity contribution in [3.63, 3.8) is 0 Å². The summed E-state index contributed by atoms with van der Waals surface area (Å²) >= 11 is 0. The number of benzene rings is 2. The summed E-state index contributed by atoms with van der Waals surface area (Å²) in [6.45, 7) is 1.60. The largest absolute Gasteiger partial charge is 0.439 e. The Morgan fingerprint density at radius 3 is 2.35 bits per heavy atom. The number of hydrogen-bond donors (Lipinski definition) is 0. The van der Waals surface area contributed by atoms with Gasteiger partial charge in [-0.2, -0.15) is 17.5 Å². The maximum atomic E-state index is 12.9. The maximum Gasteiger partial charge on any atom is 0.416 e. The zero-order valence-electron chi connectivity index (χ0n) is 16.4. The standard InChI is InChI=1S/C21H20F3N3O3S/c22-21(23,24)17-7-4-8-18(13-17)31(28,29)27-11-9-26(10-12-27)15-20-25-14-19(30-20)16-5-2-1-3-6-16/h1-8,13-14H,9-12,15H2. The van der Waals surface area contributed by atoms with Crippen LogP contribution in [0.5, 0.6) is 0 Å². The third-order valence-corrected chi connectivity index (χ3v) is 7.00. The van der Waals surface area contributed by atoms with Crippen molar-refractivity contribution in [2.75, 3.05) is 26.2 Å². The number of rotatable bonds is 5. The van der Waals surface area contributed by atoms with Crippen molar-refractivity contribution in [2.24, 2.45) is 0 Å². The van der Waals surface area contributed by atoms with Crippen LogP contribution in [0.25, 0.3) is 11.3 Å². The van der Waals surface area contributed by atoms with Gasteiger partial charge in [-0.05, 0) is 18.2 Å². The topological polar surface area (TPSA) is 66.7 Å². The molecule has 1 fully saturated rings. The first-order chi connectivity index (χ1) is 14.7. The predicted octanol–water partition coefficient (Wildman–Crippen LogP) is 3.87. The second-order valence-corrected chi connectivity index (χ2v) is 9.13. The lowest BCUT2D eigenvalue weighted by Gasteiger charge is -2.33. The van der Waals surface area contributed by atoms with Crippen LogP contribution >= 0.6 is 0 Å². The van der Waals surface area contributed by atoms with Crippen molar-refractivity contribution in [3.05, 3.63) is 72.2 Å². The number of halogens is 3. The average Bonchev–Trinajstić information content (AvgIpc) is 3.23. The zero-order chi connectivity index (χ0) is 22.1. The molecule has 0 atom stereocenters. The Kier molecular flexibility index (Phi) is 5.87. The van der Waals surface area contributed by atoms with E-state index < -0.39 is 21.8 Å². The van der Waals surface area contributed by atoms with E-state index in [1.54, 1.807) is 6.20 Å². The zero-order valence-corrected chi connectivity index (χ0v) is 17.2. The molecule has 0 saturated carbocycles. The molecule has 31 heavy (non-hydrogen) atoms. The molecular weight excluding hydrogens is 431 g/mol. The van der Waals surface area contributed by atoms with Crippen molar-refractivity contribution in [3.8, 4) is 11.3 Å². The van der Waals surface area contributed by atoms with Gasteiger partial charge in [0.15, 0.2) is 5.76 Å². The number of hydrogen-bond acceptors (Lipinski definition) is 5. The number of alkyl halides is 3. The molecule has 0 unspecified atom stereocenters. The van der Waals surface area contributed by atoms with Crippen LogP contribution in [-0.4, -0.2) is 48.8 Å². The molecule has 2 heterocycles. The van der Waals surface area contributed by atoms with Gasteiger partial charge in [0, 0.05) is 31.7 Å². The SMILES string of the molecule is O=S(=O)(c1cccc(C(F)(F)F)c1)N1CCN(Cc2ncc(-c3ccccc3)o2)CC1. The first kappa shape index (κ1) is 21.5. The normalized spacial score (nSPS) is 16.5. The fourth-order valence-electron chi connectivity index (χ4n) is 3.42. The number of piperazine rings is 1. The van der Waals surface area contributed by atoms with Crippen LogP contribution < -0.4 is 0 Å². The summed E-state index contributed by atoms with van der Waals surface area (Å²) < 4.78 is 71.4. The molecule has 6 nitrogen and oxygen atoms in total. The maximum absolute atomic E-state index is 12.9. The summed E-state index contributed by atoms with van der Waals surface area (Å²) in [5, 5.41) is 0. The van der Waals surface area contributed by atoms with Crippen LogP contribution in [0.3, 0.4) is 0 Å². The molecule has 0 N–H and O–H groups in total. The van der Waals surface area contributed by atoms with Gasteiger partial charge < -0.3 is 4.42 Å². The lowest BCUT2D eigenvalue weighted by molar-refractivity contribution is -0.137. The van der Waals surface area contributed by atoms with Gasteiger partial charge in [0.25, 0.3) is 0 Å². The molecule has 1 aromatic heterocycles. The summed E-state index contributed by atoms with van der Waals surface area (Å²) in [5.74, 6) is 1.18. The van der Waals surface area contributed by atoms with Crippen LogP contribution in [0.4, 0.5) is 13.2 Å². The molecule has 164 valence electrons. The highest BCUT2D eigenvalue weighted by molar-refractivity contribution is 7.89. The number of aromatic nitrogens is 1. The molecule has 3 aromatic rings. The van der Waals surface area contributed by atoms with Crippen LogP contribution in [0.1, 0.15) is 11.5 Å². The molecular formula is C21H20F3N3O3S. The molecule has 4 rings (SSSR count). The molecule has 0 spiro atoms. The highest BCUT2D eigenvalue weighted by atomic mass is 32.2. The van der Waals surface area contributed by atoms with E-state index in [9.17, 15) is 21.6 Å². The molecule has 0 amide bonds. The van der Waals surface area contributed by atoms with Gasteiger partial charge >= 0.3 is 6.18 Å². The highest BCUT2D eigenvalue weighted by Crippen LogP contribution is 2.31. The Bertz CT molecular complexity index is 1140. The van der Waals surface area contributed by atoms with E-state index in [4.69, 9.17) is 4.42 Å². The van der Waals surface area contributed by atoms with E-state index in [0.29, 0.717) is 37.4 Å². The minimum atomic E-state index is -4.60. The molecule has 10 heteroatoms. The second-order valence-electron chi connectivity index (χ2n) is 7.19. The van der Waals surface area contributed by atoms with Crippen molar-refractivity contribution >= 4 is 10.0 Å². The fraction of sp³-hybridized carbons (Fsp3) is 0.286. The Balaban J connectivity index is 1.39. The van der Waals surface area contributed by atoms with E-state index in [0.717, 1.165) is 17.7 Å².